The summed E-state index contributed by atoms with van der Waals surface area (Å²) in [4.78, 5) is 6.92. The van der Waals surface area contributed by atoms with Crippen molar-refractivity contribution in [2.45, 2.75) is 19.8 Å². The van der Waals surface area contributed by atoms with Crippen LogP contribution in [0.4, 0.5) is 11.4 Å². The molecule has 1 atom stereocenters. The van der Waals surface area contributed by atoms with Crippen molar-refractivity contribution in [2.24, 2.45) is 16.6 Å². The molecule has 0 aromatic heterocycles. The standard InChI is InChI=1S/C21H28N4O/c1-3-16-7-6-8-18(13-16)24-21(22)23-14-17-11-12-25(15-17)19-9-4-5-10-20(19)26-2/h4-10,13,17H,3,11-12,14-15H2,1-2H3,(H3,22,23,24). The van der Waals surface area contributed by atoms with Gasteiger partial charge in [-0.2, -0.15) is 0 Å². The molecule has 1 unspecified atom stereocenters. The largest absolute Gasteiger partial charge is 0.495 e. The summed E-state index contributed by atoms with van der Waals surface area (Å²) in [6.07, 6.45) is 2.12. The van der Waals surface area contributed by atoms with Gasteiger partial charge in [0.15, 0.2) is 5.96 Å². The molecular formula is C21H28N4O. The lowest BCUT2D eigenvalue weighted by Crippen LogP contribution is -2.25. The number of anilines is 2. The van der Waals surface area contributed by atoms with Crippen molar-refractivity contribution in [3.63, 3.8) is 0 Å². The van der Waals surface area contributed by atoms with Crippen LogP contribution < -0.4 is 20.7 Å². The number of aliphatic imine (C=N–C) groups is 1. The summed E-state index contributed by atoms with van der Waals surface area (Å²) < 4.78 is 5.48. The van der Waals surface area contributed by atoms with Crippen molar-refractivity contribution in [1.29, 1.82) is 0 Å². The SMILES string of the molecule is CCc1cccc(NC(N)=NCC2CCN(c3ccccc3OC)C2)c1. The van der Waals surface area contributed by atoms with Crippen molar-refractivity contribution >= 4 is 17.3 Å². The quantitative estimate of drug-likeness (QED) is 0.617. The number of methoxy groups -OCH3 is 1. The van der Waals surface area contributed by atoms with Crippen molar-refractivity contribution < 1.29 is 4.74 Å². The lowest BCUT2D eigenvalue weighted by Gasteiger charge is -2.21. The highest BCUT2D eigenvalue weighted by molar-refractivity contribution is 5.92. The monoisotopic (exact) mass is 352 g/mol. The molecule has 0 spiro atoms. The van der Waals surface area contributed by atoms with Gasteiger partial charge >= 0.3 is 0 Å². The van der Waals surface area contributed by atoms with Crippen LogP contribution in [0, 0.1) is 5.92 Å². The fraction of sp³-hybridized carbons (Fsp3) is 0.381. The predicted molar refractivity (Wildman–Crippen MR) is 109 cm³/mol. The molecule has 3 rings (SSSR count). The Morgan fingerprint density at radius 3 is 2.92 bits per heavy atom. The zero-order chi connectivity index (χ0) is 18.4. The van der Waals surface area contributed by atoms with Crippen molar-refractivity contribution in [1.82, 2.24) is 0 Å². The molecule has 2 aromatic carbocycles. The van der Waals surface area contributed by atoms with Crippen LogP contribution in [0.3, 0.4) is 0 Å². The fourth-order valence-electron chi connectivity index (χ4n) is 3.38. The lowest BCUT2D eigenvalue weighted by atomic mass is 10.1. The number of nitrogens with two attached hydrogens (primary N) is 1. The number of guanidine groups is 1. The molecule has 1 fully saturated rings. The van der Waals surface area contributed by atoms with Gasteiger partial charge in [-0.05, 0) is 48.6 Å². The van der Waals surface area contributed by atoms with E-state index in [4.69, 9.17) is 10.5 Å². The van der Waals surface area contributed by atoms with Gasteiger partial charge in [-0.1, -0.05) is 31.2 Å². The third kappa shape index (κ3) is 4.48. The predicted octanol–water partition coefficient (Wildman–Crippen LogP) is 3.51. The molecule has 0 amide bonds. The average molecular weight is 352 g/mol. The molecule has 0 aliphatic carbocycles. The summed E-state index contributed by atoms with van der Waals surface area (Å²) in [7, 11) is 1.72. The van der Waals surface area contributed by atoms with E-state index in [2.05, 4.69) is 46.4 Å². The number of nitrogens with zero attached hydrogens (tertiary/aromatic N) is 2. The molecule has 0 radical (unpaired) electrons. The van der Waals surface area contributed by atoms with Gasteiger partial charge in [-0.15, -0.1) is 0 Å². The Morgan fingerprint density at radius 1 is 1.27 bits per heavy atom. The normalized spacial score (nSPS) is 17.4. The fourth-order valence-corrected chi connectivity index (χ4v) is 3.38. The number of rotatable bonds is 6. The van der Waals surface area contributed by atoms with Gasteiger partial charge in [-0.3, -0.25) is 4.99 Å². The first-order valence-corrected chi connectivity index (χ1v) is 9.23. The maximum absolute atomic E-state index is 6.07. The lowest BCUT2D eigenvalue weighted by molar-refractivity contribution is 0.414. The zero-order valence-corrected chi connectivity index (χ0v) is 15.6. The highest BCUT2D eigenvalue weighted by Gasteiger charge is 2.24. The molecule has 1 aliphatic heterocycles. The van der Waals surface area contributed by atoms with Crippen LogP contribution >= 0.6 is 0 Å². The Balaban J connectivity index is 1.55. The number of aryl methyl sites for hydroxylation is 1. The van der Waals surface area contributed by atoms with E-state index in [-0.39, 0.29) is 0 Å². The van der Waals surface area contributed by atoms with Crippen LogP contribution in [-0.4, -0.2) is 32.7 Å². The Bertz CT molecular complexity index is 759. The van der Waals surface area contributed by atoms with Gasteiger partial charge < -0.3 is 20.7 Å². The topological polar surface area (TPSA) is 62.9 Å². The van der Waals surface area contributed by atoms with Crippen LogP contribution in [0.15, 0.2) is 53.5 Å². The molecule has 138 valence electrons. The van der Waals surface area contributed by atoms with Crippen LogP contribution in [0.5, 0.6) is 5.75 Å². The first kappa shape index (κ1) is 18.1. The number of hydrogen-bond donors (Lipinski definition) is 2. The summed E-state index contributed by atoms with van der Waals surface area (Å²) in [5.41, 5.74) is 9.51. The van der Waals surface area contributed by atoms with Gasteiger partial charge in [-0.25, -0.2) is 0 Å². The van der Waals surface area contributed by atoms with E-state index in [9.17, 15) is 0 Å². The van der Waals surface area contributed by atoms with E-state index >= 15 is 0 Å². The van der Waals surface area contributed by atoms with E-state index in [0.717, 1.165) is 49.6 Å². The molecule has 1 saturated heterocycles. The summed E-state index contributed by atoms with van der Waals surface area (Å²) in [6, 6.07) is 16.5. The van der Waals surface area contributed by atoms with E-state index in [1.165, 1.54) is 5.56 Å². The molecular weight excluding hydrogens is 324 g/mol. The smallest absolute Gasteiger partial charge is 0.193 e. The zero-order valence-electron chi connectivity index (χ0n) is 15.6. The molecule has 2 aromatic rings. The summed E-state index contributed by atoms with van der Waals surface area (Å²) in [5.74, 6) is 1.91. The van der Waals surface area contributed by atoms with Crippen LogP contribution in [0.1, 0.15) is 18.9 Å². The van der Waals surface area contributed by atoms with E-state index < -0.39 is 0 Å². The van der Waals surface area contributed by atoms with Gasteiger partial charge in [0.05, 0.1) is 12.8 Å². The molecule has 1 aliphatic rings. The first-order valence-electron chi connectivity index (χ1n) is 9.23. The van der Waals surface area contributed by atoms with Gasteiger partial charge in [0.2, 0.25) is 0 Å². The number of hydrogen-bond acceptors (Lipinski definition) is 3. The van der Waals surface area contributed by atoms with Gasteiger partial charge in [0.1, 0.15) is 5.75 Å². The molecule has 0 bridgehead atoms. The molecule has 26 heavy (non-hydrogen) atoms. The van der Waals surface area contributed by atoms with Gasteiger partial charge in [0.25, 0.3) is 0 Å². The minimum Gasteiger partial charge on any atom is -0.495 e. The Hall–Kier alpha value is -2.69. The summed E-state index contributed by atoms with van der Waals surface area (Å²) in [6.45, 7) is 4.87. The van der Waals surface area contributed by atoms with E-state index in [1.807, 2.05) is 24.3 Å². The molecule has 5 heteroatoms. The number of ether oxygens (including phenoxy) is 1. The minimum atomic E-state index is 0.481. The number of para-hydroxylation sites is 2. The summed E-state index contributed by atoms with van der Waals surface area (Å²) in [5, 5.41) is 3.20. The van der Waals surface area contributed by atoms with Gasteiger partial charge in [0, 0.05) is 25.3 Å². The molecule has 3 N–H and O–H groups in total. The third-order valence-electron chi connectivity index (χ3n) is 4.84. The highest BCUT2D eigenvalue weighted by atomic mass is 16.5. The third-order valence-corrected chi connectivity index (χ3v) is 4.84. The van der Waals surface area contributed by atoms with E-state index in [0.29, 0.717) is 11.9 Å². The van der Waals surface area contributed by atoms with Crippen LogP contribution in [0.25, 0.3) is 0 Å². The second-order valence-corrected chi connectivity index (χ2v) is 6.68. The second kappa shape index (κ2) is 8.61. The second-order valence-electron chi connectivity index (χ2n) is 6.68. The number of nitrogens with one attached hydrogen (secondary N) is 1. The van der Waals surface area contributed by atoms with E-state index in [1.54, 1.807) is 7.11 Å². The summed E-state index contributed by atoms with van der Waals surface area (Å²) >= 11 is 0. The van der Waals surface area contributed by atoms with Crippen molar-refractivity contribution in [3.05, 3.63) is 54.1 Å². The highest BCUT2D eigenvalue weighted by Crippen LogP contribution is 2.31. The van der Waals surface area contributed by atoms with Crippen LogP contribution in [-0.2, 0) is 6.42 Å². The van der Waals surface area contributed by atoms with Crippen molar-refractivity contribution in [2.75, 3.05) is 37.0 Å². The molecule has 0 saturated carbocycles. The van der Waals surface area contributed by atoms with Crippen LogP contribution in [0.2, 0.25) is 0 Å². The van der Waals surface area contributed by atoms with Crippen molar-refractivity contribution in [3.8, 4) is 5.75 Å². The minimum absolute atomic E-state index is 0.481. The Morgan fingerprint density at radius 2 is 2.12 bits per heavy atom. The molecule has 1 heterocycles. The molecule has 5 nitrogen and oxygen atoms in total. The first-order chi connectivity index (χ1) is 12.7. The Labute approximate surface area is 155 Å². The maximum atomic E-state index is 6.07. The average Bonchev–Trinajstić information content (AvgIpc) is 3.15. The maximum Gasteiger partial charge on any atom is 0.193 e. The Kier molecular flexibility index (Phi) is 6.00. The number of benzene rings is 2.